The number of carboxylic acid groups (broad SMARTS) is 1. The van der Waals surface area contributed by atoms with Crippen LogP contribution in [0.1, 0.15) is 11.5 Å². The second kappa shape index (κ2) is 9.48. The van der Waals surface area contributed by atoms with E-state index < -0.39 is 12.1 Å². The van der Waals surface area contributed by atoms with Crippen LogP contribution in [-0.2, 0) is 31.0 Å². The van der Waals surface area contributed by atoms with E-state index in [2.05, 4.69) is 41.8 Å². The van der Waals surface area contributed by atoms with Crippen LogP contribution in [0.5, 0.6) is 0 Å². The van der Waals surface area contributed by atoms with Crippen LogP contribution in [0, 0.1) is 5.92 Å². The summed E-state index contributed by atoms with van der Waals surface area (Å²) in [5, 5.41) is 11.4. The molecule has 0 spiro atoms. The Hall–Kier alpha value is -3.28. The fourth-order valence-electron chi connectivity index (χ4n) is 3.17. The molecule has 1 aliphatic heterocycles. The van der Waals surface area contributed by atoms with Gasteiger partial charge >= 0.3 is 12.1 Å². The average Bonchev–Trinajstić information content (AvgIpc) is 3.32. The third kappa shape index (κ3) is 6.11. The quantitative estimate of drug-likeness (QED) is 0.683. The van der Waals surface area contributed by atoms with Crippen LogP contribution < -0.4 is 0 Å². The number of hydrogen-bond donors (Lipinski definition) is 1. The lowest BCUT2D eigenvalue weighted by Crippen LogP contribution is -2.30. The van der Waals surface area contributed by atoms with Crippen LogP contribution in [0.25, 0.3) is 0 Å². The summed E-state index contributed by atoms with van der Waals surface area (Å²) in [6, 6.07) is 6.06. The molecule has 1 atom stereocenters. The van der Waals surface area contributed by atoms with Gasteiger partial charge in [0, 0.05) is 50.7 Å². The third-order valence-electron chi connectivity index (χ3n) is 4.40. The molecule has 0 aromatic carbocycles. The van der Waals surface area contributed by atoms with Crippen LogP contribution in [0.15, 0.2) is 49.4 Å². The minimum Gasteiger partial charge on any atom is -0.475 e. The molecule has 0 saturated carbocycles. The summed E-state index contributed by atoms with van der Waals surface area (Å²) in [7, 11) is 0. The fraction of sp³-hybridized carbons (Fsp3) is 0.389. The number of imidazole rings is 1. The molecule has 4 heterocycles. The molecule has 30 heavy (non-hydrogen) atoms. The molecule has 1 unspecified atom stereocenters. The number of rotatable bonds is 4. The highest BCUT2D eigenvalue weighted by molar-refractivity contribution is 5.73. The molecule has 1 aliphatic rings. The number of aliphatic carboxylic acids is 1. The van der Waals surface area contributed by atoms with E-state index in [1.165, 1.54) is 0 Å². The summed E-state index contributed by atoms with van der Waals surface area (Å²) in [5.74, 6) is -1.19. The summed E-state index contributed by atoms with van der Waals surface area (Å²) in [5.41, 5.74) is 1.09. The van der Waals surface area contributed by atoms with Gasteiger partial charge in [-0.2, -0.15) is 18.3 Å². The maximum absolute atomic E-state index is 10.6. The van der Waals surface area contributed by atoms with Crippen molar-refractivity contribution >= 4 is 5.97 Å². The van der Waals surface area contributed by atoms with Gasteiger partial charge in [-0.1, -0.05) is 6.07 Å². The molecule has 0 radical (unpaired) electrons. The lowest BCUT2D eigenvalue weighted by Gasteiger charge is -2.23. The smallest absolute Gasteiger partial charge is 0.475 e. The normalized spacial score (nSPS) is 16.8. The molecule has 12 heteroatoms. The molecule has 0 saturated heterocycles. The van der Waals surface area contributed by atoms with Crippen LogP contribution in [0.3, 0.4) is 0 Å². The van der Waals surface area contributed by atoms with E-state index in [9.17, 15) is 13.2 Å². The molecule has 0 amide bonds. The Morgan fingerprint density at radius 1 is 1.20 bits per heavy atom. The third-order valence-corrected chi connectivity index (χ3v) is 4.40. The van der Waals surface area contributed by atoms with Crippen molar-refractivity contribution in [2.45, 2.75) is 32.4 Å². The van der Waals surface area contributed by atoms with Gasteiger partial charge in [-0.3, -0.25) is 14.6 Å². The van der Waals surface area contributed by atoms with E-state index in [1.54, 1.807) is 12.7 Å². The summed E-state index contributed by atoms with van der Waals surface area (Å²) in [6.45, 7) is 4.48. The highest BCUT2D eigenvalue weighted by atomic mass is 19.4. The zero-order chi connectivity index (χ0) is 21.6. The van der Waals surface area contributed by atoms with Crippen molar-refractivity contribution in [3.05, 3.63) is 61.0 Å². The summed E-state index contributed by atoms with van der Waals surface area (Å²) in [6.07, 6.45) is 4.08. The van der Waals surface area contributed by atoms with Crippen LogP contribution in [-0.4, -0.2) is 58.0 Å². The van der Waals surface area contributed by atoms with Gasteiger partial charge in [-0.25, -0.2) is 14.8 Å². The number of carboxylic acids is 1. The monoisotopic (exact) mass is 423 g/mol. The number of fused-ring (bicyclic) bond motifs is 1. The lowest BCUT2D eigenvalue weighted by atomic mass is 10.1. The number of aromatic nitrogens is 6. The number of alkyl halides is 3. The van der Waals surface area contributed by atoms with Gasteiger partial charge in [-0.15, -0.1) is 0 Å². The van der Waals surface area contributed by atoms with Gasteiger partial charge < -0.3 is 9.67 Å². The molecule has 4 rings (SSSR count). The first kappa shape index (κ1) is 21.4. The molecule has 1 N–H and O–H groups in total. The van der Waals surface area contributed by atoms with E-state index in [4.69, 9.17) is 9.90 Å². The maximum Gasteiger partial charge on any atom is 0.490 e. The Labute approximate surface area is 169 Å². The van der Waals surface area contributed by atoms with E-state index in [1.807, 2.05) is 29.2 Å². The van der Waals surface area contributed by atoms with Crippen molar-refractivity contribution in [3.63, 3.8) is 0 Å². The SMILES string of the molecule is O=C(O)C(F)(F)F.c1ccc(CN2Cc3nccn3CC(Cn3cncn3)C2)nc1. The second-order valence-electron chi connectivity index (χ2n) is 6.77. The molecular weight excluding hydrogens is 403 g/mol. The van der Waals surface area contributed by atoms with Gasteiger partial charge in [0.2, 0.25) is 0 Å². The molecule has 0 fully saturated rings. The minimum absolute atomic E-state index is 0.455. The van der Waals surface area contributed by atoms with Gasteiger partial charge in [0.05, 0.1) is 12.2 Å². The Morgan fingerprint density at radius 3 is 2.63 bits per heavy atom. The predicted octanol–water partition coefficient (Wildman–Crippen LogP) is 1.84. The first-order valence-corrected chi connectivity index (χ1v) is 9.06. The first-order valence-electron chi connectivity index (χ1n) is 9.06. The average molecular weight is 423 g/mol. The van der Waals surface area contributed by atoms with Crippen molar-refractivity contribution in [1.29, 1.82) is 0 Å². The number of pyridine rings is 1. The van der Waals surface area contributed by atoms with E-state index in [-0.39, 0.29) is 0 Å². The van der Waals surface area contributed by atoms with Gasteiger partial charge in [-0.05, 0) is 12.1 Å². The van der Waals surface area contributed by atoms with Crippen LogP contribution >= 0.6 is 0 Å². The van der Waals surface area contributed by atoms with E-state index in [0.717, 1.165) is 44.2 Å². The molecule has 0 bridgehead atoms. The summed E-state index contributed by atoms with van der Waals surface area (Å²) < 4.78 is 35.9. The summed E-state index contributed by atoms with van der Waals surface area (Å²) >= 11 is 0. The standard InChI is InChI=1S/C16H19N7.C2HF3O2/c1-2-4-18-15(3-1)10-21-7-14(9-23-13-17-12-20-23)8-22-6-5-19-16(22)11-21;3-2(4,5)1(6)7/h1-6,12-14H,7-11H2;(H,6,7). The minimum atomic E-state index is -5.08. The van der Waals surface area contributed by atoms with Crippen molar-refractivity contribution in [2.24, 2.45) is 5.92 Å². The highest BCUT2D eigenvalue weighted by Crippen LogP contribution is 2.18. The zero-order valence-electron chi connectivity index (χ0n) is 15.9. The fourth-order valence-corrected chi connectivity index (χ4v) is 3.17. The maximum atomic E-state index is 10.6. The predicted molar refractivity (Wildman–Crippen MR) is 97.8 cm³/mol. The van der Waals surface area contributed by atoms with Crippen molar-refractivity contribution in [2.75, 3.05) is 6.54 Å². The molecule has 9 nitrogen and oxygen atoms in total. The summed E-state index contributed by atoms with van der Waals surface area (Å²) in [4.78, 5) is 24.3. The largest absolute Gasteiger partial charge is 0.490 e. The van der Waals surface area contributed by atoms with Crippen LogP contribution in [0.2, 0.25) is 0 Å². The Bertz CT molecular complexity index is 929. The number of carbonyl (C=O) groups is 1. The van der Waals surface area contributed by atoms with Crippen LogP contribution in [0.4, 0.5) is 13.2 Å². The van der Waals surface area contributed by atoms with Crippen molar-refractivity contribution in [3.8, 4) is 0 Å². The topological polar surface area (TPSA) is 102 Å². The number of hydrogen-bond acceptors (Lipinski definition) is 6. The van der Waals surface area contributed by atoms with Crippen molar-refractivity contribution in [1.82, 2.24) is 34.2 Å². The number of halogens is 3. The van der Waals surface area contributed by atoms with Gasteiger partial charge in [0.15, 0.2) is 0 Å². The Morgan fingerprint density at radius 2 is 2.00 bits per heavy atom. The first-order chi connectivity index (χ1) is 14.3. The highest BCUT2D eigenvalue weighted by Gasteiger charge is 2.38. The second-order valence-corrected chi connectivity index (χ2v) is 6.77. The van der Waals surface area contributed by atoms with Crippen molar-refractivity contribution < 1.29 is 23.1 Å². The van der Waals surface area contributed by atoms with E-state index in [0.29, 0.717) is 5.92 Å². The molecule has 160 valence electrons. The zero-order valence-corrected chi connectivity index (χ0v) is 15.9. The Kier molecular flexibility index (Phi) is 6.77. The number of nitrogens with zero attached hydrogens (tertiary/aromatic N) is 7. The molecular formula is C18H20F3N7O2. The molecule has 0 aliphatic carbocycles. The Balaban J connectivity index is 0.000000318. The molecule has 3 aromatic heterocycles. The van der Waals surface area contributed by atoms with Gasteiger partial charge in [0.1, 0.15) is 18.5 Å². The molecule has 3 aromatic rings. The van der Waals surface area contributed by atoms with Gasteiger partial charge in [0.25, 0.3) is 0 Å². The lowest BCUT2D eigenvalue weighted by molar-refractivity contribution is -0.192. The van der Waals surface area contributed by atoms with E-state index >= 15 is 0 Å².